The Bertz CT molecular complexity index is 561. The maximum absolute atomic E-state index is 12.2. The summed E-state index contributed by atoms with van der Waals surface area (Å²) in [7, 11) is -4.56. The van der Waals surface area contributed by atoms with Gasteiger partial charge in [-0.05, 0) is 19.4 Å². The van der Waals surface area contributed by atoms with E-state index in [-0.39, 0.29) is 16.7 Å². The third-order valence-corrected chi connectivity index (χ3v) is 5.71. The molecule has 1 aromatic rings. The van der Waals surface area contributed by atoms with Crippen molar-refractivity contribution in [3.05, 3.63) is 18.5 Å². The summed E-state index contributed by atoms with van der Waals surface area (Å²) in [5.74, 6) is 0. The molecule has 0 bridgehead atoms. The van der Waals surface area contributed by atoms with Gasteiger partial charge in [-0.3, -0.25) is 9.19 Å². The molecule has 1 heterocycles. The van der Waals surface area contributed by atoms with Gasteiger partial charge >= 0.3 is 0 Å². The quantitative estimate of drug-likeness (QED) is 0.745. The van der Waals surface area contributed by atoms with Gasteiger partial charge in [0.1, 0.15) is 4.90 Å². The molecule has 0 saturated carbocycles. The van der Waals surface area contributed by atoms with Crippen molar-refractivity contribution in [2.45, 2.75) is 30.4 Å². The van der Waals surface area contributed by atoms with Gasteiger partial charge in [-0.1, -0.05) is 6.92 Å². The minimum absolute atomic E-state index is 0.0418. The van der Waals surface area contributed by atoms with Crippen LogP contribution in [-0.4, -0.2) is 42.2 Å². The summed E-state index contributed by atoms with van der Waals surface area (Å²) < 4.78 is 38.2. The molecule has 114 valence electrons. The Morgan fingerprint density at radius 1 is 1.45 bits per heavy atom. The van der Waals surface area contributed by atoms with Crippen LogP contribution in [0.15, 0.2) is 23.4 Å². The van der Waals surface area contributed by atoms with Gasteiger partial charge in [0.2, 0.25) is 10.0 Å². The molecule has 0 radical (unpaired) electrons. The highest BCUT2D eigenvalue weighted by Crippen LogP contribution is 2.19. The van der Waals surface area contributed by atoms with Crippen LogP contribution in [0.3, 0.4) is 0 Å². The number of hydrogen-bond donors (Lipinski definition) is 2. The highest BCUT2D eigenvalue weighted by molar-refractivity contribution is 7.89. The van der Waals surface area contributed by atoms with Gasteiger partial charge in [0.05, 0.1) is 5.69 Å². The largest absolute Gasteiger partial charge is 0.384 e. The Balaban J connectivity index is 2.76. The lowest BCUT2D eigenvalue weighted by atomic mass is 10.3. The van der Waals surface area contributed by atoms with Crippen LogP contribution in [0.1, 0.15) is 20.3 Å². The molecule has 2 atom stereocenters. The molecule has 1 rings (SSSR count). The van der Waals surface area contributed by atoms with Crippen LogP contribution in [0, 0.1) is 0 Å². The first kappa shape index (κ1) is 17.1. The summed E-state index contributed by atoms with van der Waals surface area (Å²) in [6, 6.07) is 1.63. The van der Waals surface area contributed by atoms with E-state index in [1.807, 2.05) is 13.8 Å². The molecule has 0 aliphatic carbocycles. The Hall–Kier alpha value is -0.990. The highest BCUT2D eigenvalue weighted by atomic mass is 32.2. The van der Waals surface area contributed by atoms with Gasteiger partial charge in [-0.15, -0.1) is 0 Å². The molecule has 0 spiro atoms. The second kappa shape index (κ2) is 7.70. The molecule has 0 fully saturated rings. The molecule has 0 amide bonds. The molecule has 2 unspecified atom stereocenters. The minimum atomic E-state index is -3.61. The zero-order valence-corrected chi connectivity index (χ0v) is 13.6. The first-order valence-corrected chi connectivity index (χ1v) is 9.48. The van der Waals surface area contributed by atoms with Crippen molar-refractivity contribution < 1.29 is 12.6 Å². The van der Waals surface area contributed by atoms with Gasteiger partial charge in [-0.2, -0.15) is 0 Å². The second-order valence-corrected chi connectivity index (χ2v) is 7.94. The Kier molecular flexibility index (Phi) is 6.57. The van der Waals surface area contributed by atoms with Crippen LogP contribution in [-0.2, 0) is 20.8 Å². The molecule has 6 nitrogen and oxygen atoms in total. The highest BCUT2D eigenvalue weighted by Gasteiger charge is 2.18. The number of nitrogens with one attached hydrogen (secondary N) is 2. The van der Waals surface area contributed by atoms with Crippen molar-refractivity contribution in [2.75, 3.05) is 24.7 Å². The molecular weight excluding hydrogens is 298 g/mol. The zero-order chi connectivity index (χ0) is 15.2. The molecule has 8 heteroatoms. The van der Waals surface area contributed by atoms with Gasteiger partial charge in [0.25, 0.3) is 0 Å². The van der Waals surface area contributed by atoms with Crippen LogP contribution in [0.4, 0.5) is 5.69 Å². The standard InChI is InChI=1S/C12H21N3O3S2/c1-4-14-11-6-7-13-9-12(11)20(17,18)15-8-5-10(2)19(3)16/h6-7,9-10,15H,4-5,8H2,1-3H3,(H,13,14). The Morgan fingerprint density at radius 3 is 2.75 bits per heavy atom. The molecular formula is C12H21N3O3S2. The monoisotopic (exact) mass is 319 g/mol. The predicted octanol–water partition coefficient (Wildman–Crippen LogP) is 0.949. The van der Waals surface area contributed by atoms with Crippen molar-refractivity contribution in [1.29, 1.82) is 0 Å². The van der Waals surface area contributed by atoms with E-state index in [1.165, 1.54) is 6.20 Å². The Labute approximate surface area is 122 Å². The molecule has 20 heavy (non-hydrogen) atoms. The maximum Gasteiger partial charge on any atom is 0.244 e. The normalized spacial score (nSPS) is 14.8. The summed E-state index contributed by atoms with van der Waals surface area (Å²) >= 11 is 0. The fourth-order valence-corrected chi connectivity index (χ4v) is 3.19. The fourth-order valence-electron chi connectivity index (χ4n) is 1.57. The third kappa shape index (κ3) is 4.84. The van der Waals surface area contributed by atoms with Crippen LogP contribution in [0.5, 0.6) is 0 Å². The number of pyridine rings is 1. The SMILES string of the molecule is CCNc1ccncc1S(=O)(=O)NCCC(C)S(C)=O. The first-order chi connectivity index (χ1) is 9.38. The van der Waals surface area contributed by atoms with Crippen LogP contribution >= 0.6 is 0 Å². The van der Waals surface area contributed by atoms with E-state index in [4.69, 9.17) is 0 Å². The van der Waals surface area contributed by atoms with Crippen molar-refractivity contribution in [3.63, 3.8) is 0 Å². The molecule has 2 N–H and O–H groups in total. The van der Waals surface area contributed by atoms with E-state index in [0.29, 0.717) is 18.7 Å². The van der Waals surface area contributed by atoms with E-state index in [1.54, 1.807) is 18.5 Å². The lowest BCUT2D eigenvalue weighted by Gasteiger charge is -2.13. The van der Waals surface area contributed by atoms with Gasteiger partial charge in [0.15, 0.2) is 0 Å². The smallest absolute Gasteiger partial charge is 0.244 e. The van der Waals surface area contributed by atoms with Crippen molar-refractivity contribution in [3.8, 4) is 0 Å². The number of hydrogen-bond acceptors (Lipinski definition) is 5. The summed E-state index contributed by atoms with van der Waals surface area (Å²) in [4.78, 5) is 3.99. The molecule has 0 aliphatic heterocycles. The molecule has 0 aliphatic rings. The topological polar surface area (TPSA) is 88.2 Å². The summed E-state index contributed by atoms with van der Waals surface area (Å²) in [6.07, 6.45) is 5.00. The van der Waals surface area contributed by atoms with Gasteiger partial charge in [-0.25, -0.2) is 13.1 Å². The number of sulfonamides is 1. The van der Waals surface area contributed by atoms with E-state index < -0.39 is 20.8 Å². The van der Waals surface area contributed by atoms with E-state index in [2.05, 4.69) is 15.0 Å². The number of nitrogens with zero attached hydrogens (tertiary/aromatic N) is 1. The van der Waals surface area contributed by atoms with Crippen LogP contribution in [0.2, 0.25) is 0 Å². The van der Waals surface area contributed by atoms with Gasteiger partial charge in [0, 0.05) is 47.8 Å². The number of rotatable bonds is 8. The second-order valence-electron chi connectivity index (χ2n) is 4.40. The Morgan fingerprint density at radius 2 is 2.15 bits per heavy atom. The predicted molar refractivity (Wildman–Crippen MR) is 81.7 cm³/mol. The summed E-state index contributed by atoms with van der Waals surface area (Å²) in [6.45, 7) is 4.60. The lowest BCUT2D eigenvalue weighted by Crippen LogP contribution is -2.28. The average Bonchev–Trinajstić information content (AvgIpc) is 2.39. The van der Waals surface area contributed by atoms with Crippen LogP contribution < -0.4 is 10.0 Å². The minimum Gasteiger partial charge on any atom is -0.384 e. The summed E-state index contributed by atoms with van der Waals surface area (Å²) in [5, 5.41) is 2.95. The fraction of sp³-hybridized carbons (Fsp3) is 0.583. The van der Waals surface area contributed by atoms with Crippen LogP contribution in [0.25, 0.3) is 0 Å². The number of aromatic nitrogens is 1. The van der Waals surface area contributed by atoms with E-state index in [9.17, 15) is 12.6 Å². The third-order valence-electron chi connectivity index (χ3n) is 2.85. The number of anilines is 1. The summed E-state index contributed by atoms with van der Waals surface area (Å²) in [5.41, 5.74) is 0.530. The van der Waals surface area contributed by atoms with Gasteiger partial charge < -0.3 is 5.32 Å². The van der Waals surface area contributed by atoms with E-state index in [0.717, 1.165) is 0 Å². The van der Waals surface area contributed by atoms with Crippen molar-refractivity contribution in [1.82, 2.24) is 9.71 Å². The molecule has 0 aromatic carbocycles. The lowest BCUT2D eigenvalue weighted by molar-refractivity contribution is 0.577. The zero-order valence-electron chi connectivity index (χ0n) is 11.9. The van der Waals surface area contributed by atoms with Crippen molar-refractivity contribution in [2.24, 2.45) is 0 Å². The molecule has 0 saturated heterocycles. The van der Waals surface area contributed by atoms with Crippen molar-refractivity contribution >= 4 is 26.5 Å². The van der Waals surface area contributed by atoms with E-state index >= 15 is 0 Å². The first-order valence-electron chi connectivity index (χ1n) is 6.38. The average molecular weight is 319 g/mol. The maximum atomic E-state index is 12.2. The molecule has 1 aromatic heterocycles.